The molecule has 2 N–H and O–H groups in total. The lowest BCUT2D eigenvalue weighted by molar-refractivity contribution is 0.607. The van der Waals surface area contributed by atoms with Crippen LogP contribution in [0.5, 0.6) is 0 Å². The average Bonchev–Trinajstić information content (AvgIpc) is 2.77. The summed E-state index contributed by atoms with van der Waals surface area (Å²) in [4.78, 5) is 18.0. The molecular weight excluding hydrogens is 426 g/mol. The standard InChI is InChI=1S/C23H19N5O3S/c1-32(30,31)27-18-5-4-6-19(13-18)28-22(29)20-7-2-3-8-21(20)26-23(28)25-15-17-11-9-16(14-24)10-12-17/h2-13,27H,15H2,1H3,(H,25,26). The Balaban J connectivity index is 1.80. The van der Waals surface area contributed by atoms with E-state index in [4.69, 9.17) is 5.26 Å². The van der Waals surface area contributed by atoms with Gasteiger partial charge in [0.05, 0.1) is 40.2 Å². The molecule has 0 aliphatic heterocycles. The summed E-state index contributed by atoms with van der Waals surface area (Å²) in [6, 6.07) is 22.7. The maximum absolute atomic E-state index is 13.3. The minimum Gasteiger partial charge on any atom is -0.351 e. The Kier molecular flexibility index (Phi) is 5.62. The van der Waals surface area contributed by atoms with E-state index in [1.165, 1.54) is 4.57 Å². The average molecular weight is 446 g/mol. The van der Waals surface area contributed by atoms with E-state index in [-0.39, 0.29) is 5.56 Å². The third-order valence-corrected chi connectivity index (χ3v) is 5.32. The van der Waals surface area contributed by atoms with E-state index in [1.54, 1.807) is 60.7 Å². The SMILES string of the molecule is CS(=O)(=O)Nc1cccc(-n2c(NCc3ccc(C#N)cc3)nc3ccccc3c2=O)c1. The van der Waals surface area contributed by atoms with Crippen molar-refractivity contribution in [2.75, 3.05) is 16.3 Å². The molecule has 1 aromatic heterocycles. The van der Waals surface area contributed by atoms with Crippen LogP contribution >= 0.6 is 0 Å². The molecule has 8 nitrogen and oxygen atoms in total. The molecule has 0 atom stereocenters. The summed E-state index contributed by atoms with van der Waals surface area (Å²) in [6.07, 6.45) is 1.06. The molecule has 0 spiro atoms. The van der Waals surface area contributed by atoms with Crippen LogP contribution in [0.4, 0.5) is 11.6 Å². The van der Waals surface area contributed by atoms with E-state index < -0.39 is 10.0 Å². The van der Waals surface area contributed by atoms with Crippen molar-refractivity contribution in [2.45, 2.75) is 6.54 Å². The minimum absolute atomic E-state index is 0.283. The molecule has 1 heterocycles. The molecule has 0 saturated heterocycles. The fraction of sp³-hybridized carbons (Fsp3) is 0.0870. The molecular formula is C23H19N5O3S. The van der Waals surface area contributed by atoms with Crippen LogP contribution in [0, 0.1) is 11.3 Å². The molecule has 0 aliphatic rings. The Morgan fingerprint density at radius 3 is 2.50 bits per heavy atom. The van der Waals surface area contributed by atoms with Crippen molar-refractivity contribution >= 4 is 32.6 Å². The number of aromatic nitrogens is 2. The van der Waals surface area contributed by atoms with Gasteiger partial charge in [0.25, 0.3) is 5.56 Å². The molecule has 0 radical (unpaired) electrons. The Morgan fingerprint density at radius 2 is 1.78 bits per heavy atom. The van der Waals surface area contributed by atoms with E-state index in [2.05, 4.69) is 21.1 Å². The molecule has 3 aromatic carbocycles. The molecule has 4 rings (SSSR count). The van der Waals surface area contributed by atoms with E-state index in [0.717, 1.165) is 11.8 Å². The molecule has 9 heteroatoms. The fourth-order valence-electron chi connectivity index (χ4n) is 3.29. The van der Waals surface area contributed by atoms with Crippen LogP contribution in [0.15, 0.2) is 77.6 Å². The Morgan fingerprint density at radius 1 is 1.03 bits per heavy atom. The lowest BCUT2D eigenvalue weighted by Crippen LogP contribution is -2.24. The van der Waals surface area contributed by atoms with Crippen LogP contribution in [-0.2, 0) is 16.6 Å². The van der Waals surface area contributed by atoms with Crippen LogP contribution in [-0.4, -0.2) is 24.2 Å². The Labute approximate surface area is 184 Å². The first kappa shape index (κ1) is 21.1. The second kappa shape index (κ2) is 8.53. The Hall–Kier alpha value is -4.16. The second-order valence-corrected chi connectivity index (χ2v) is 8.93. The van der Waals surface area contributed by atoms with Crippen molar-refractivity contribution in [1.29, 1.82) is 5.26 Å². The van der Waals surface area contributed by atoms with Gasteiger partial charge in [0, 0.05) is 6.54 Å². The second-order valence-electron chi connectivity index (χ2n) is 7.18. The van der Waals surface area contributed by atoms with E-state index >= 15 is 0 Å². The molecule has 0 fully saturated rings. The maximum Gasteiger partial charge on any atom is 0.267 e. The van der Waals surface area contributed by atoms with Crippen molar-refractivity contribution in [1.82, 2.24) is 9.55 Å². The zero-order valence-electron chi connectivity index (χ0n) is 17.1. The van der Waals surface area contributed by atoms with E-state index in [9.17, 15) is 13.2 Å². The first-order chi connectivity index (χ1) is 15.3. The highest BCUT2D eigenvalue weighted by Gasteiger charge is 2.14. The summed E-state index contributed by atoms with van der Waals surface area (Å²) < 4.78 is 27.1. The molecule has 160 valence electrons. The number of sulfonamides is 1. The van der Waals surface area contributed by atoms with Crippen molar-refractivity contribution < 1.29 is 8.42 Å². The highest BCUT2D eigenvalue weighted by molar-refractivity contribution is 7.92. The van der Waals surface area contributed by atoms with Crippen LogP contribution in [0.1, 0.15) is 11.1 Å². The largest absolute Gasteiger partial charge is 0.351 e. The summed E-state index contributed by atoms with van der Waals surface area (Å²) in [5, 5.41) is 12.6. The number of para-hydroxylation sites is 1. The van der Waals surface area contributed by atoms with Crippen LogP contribution in [0.3, 0.4) is 0 Å². The van der Waals surface area contributed by atoms with Gasteiger partial charge < -0.3 is 5.32 Å². The van der Waals surface area contributed by atoms with Gasteiger partial charge in [0.2, 0.25) is 16.0 Å². The predicted octanol–water partition coefficient (Wildman–Crippen LogP) is 3.24. The minimum atomic E-state index is -3.47. The van der Waals surface area contributed by atoms with Gasteiger partial charge in [0.1, 0.15) is 0 Å². The first-order valence-electron chi connectivity index (χ1n) is 9.67. The summed E-state index contributed by atoms with van der Waals surface area (Å²) in [5.74, 6) is 0.314. The molecule has 0 aliphatic carbocycles. The number of hydrogen-bond donors (Lipinski definition) is 2. The number of nitrogens with one attached hydrogen (secondary N) is 2. The van der Waals surface area contributed by atoms with Crippen LogP contribution < -0.4 is 15.6 Å². The Bertz CT molecular complexity index is 1500. The monoisotopic (exact) mass is 445 g/mol. The maximum atomic E-state index is 13.3. The number of nitriles is 1. The van der Waals surface area contributed by atoms with Gasteiger partial charge in [-0.3, -0.25) is 9.52 Å². The van der Waals surface area contributed by atoms with E-state index in [0.29, 0.717) is 40.3 Å². The highest BCUT2D eigenvalue weighted by atomic mass is 32.2. The normalized spacial score (nSPS) is 11.1. The van der Waals surface area contributed by atoms with Crippen LogP contribution in [0.25, 0.3) is 16.6 Å². The smallest absolute Gasteiger partial charge is 0.267 e. The first-order valence-corrected chi connectivity index (χ1v) is 11.6. The van der Waals surface area contributed by atoms with Crippen molar-refractivity contribution in [3.8, 4) is 11.8 Å². The summed E-state index contributed by atoms with van der Waals surface area (Å²) in [7, 11) is -3.47. The number of hydrogen-bond acceptors (Lipinski definition) is 6. The molecule has 32 heavy (non-hydrogen) atoms. The van der Waals surface area contributed by atoms with Gasteiger partial charge in [-0.25, -0.2) is 18.0 Å². The molecule has 0 amide bonds. The third kappa shape index (κ3) is 4.61. The molecule has 0 bridgehead atoms. The number of benzene rings is 3. The summed E-state index contributed by atoms with van der Waals surface area (Å²) in [6.45, 7) is 0.373. The fourth-order valence-corrected chi connectivity index (χ4v) is 3.85. The van der Waals surface area contributed by atoms with Crippen molar-refractivity contribution in [3.63, 3.8) is 0 Å². The zero-order chi connectivity index (χ0) is 22.7. The quantitative estimate of drug-likeness (QED) is 0.471. The number of rotatable bonds is 6. The predicted molar refractivity (Wildman–Crippen MR) is 124 cm³/mol. The molecule has 0 saturated carbocycles. The highest BCUT2D eigenvalue weighted by Crippen LogP contribution is 2.20. The van der Waals surface area contributed by atoms with Gasteiger partial charge in [0.15, 0.2) is 0 Å². The zero-order valence-corrected chi connectivity index (χ0v) is 17.9. The van der Waals surface area contributed by atoms with Gasteiger partial charge >= 0.3 is 0 Å². The summed E-state index contributed by atoms with van der Waals surface area (Å²) in [5.41, 5.74) is 2.53. The lowest BCUT2D eigenvalue weighted by atomic mass is 10.1. The topological polar surface area (TPSA) is 117 Å². The number of fused-ring (bicyclic) bond motifs is 1. The van der Waals surface area contributed by atoms with Crippen molar-refractivity contribution in [2.24, 2.45) is 0 Å². The van der Waals surface area contributed by atoms with Gasteiger partial charge in [-0.2, -0.15) is 5.26 Å². The molecule has 4 aromatic rings. The summed E-state index contributed by atoms with van der Waals surface area (Å²) >= 11 is 0. The lowest BCUT2D eigenvalue weighted by Gasteiger charge is -2.16. The van der Waals surface area contributed by atoms with Gasteiger partial charge in [-0.1, -0.05) is 30.3 Å². The number of anilines is 2. The van der Waals surface area contributed by atoms with Crippen molar-refractivity contribution in [3.05, 3.63) is 94.3 Å². The van der Waals surface area contributed by atoms with E-state index in [1.807, 2.05) is 12.1 Å². The molecule has 0 unspecified atom stereocenters. The third-order valence-electron chi connectivity index (χ3n) is 4.72. The number of nitrogens with zero attached hydrogens (tertiary/aromatic N) is 3. The van der Waals surface area contributed by atoms with Gasteiger partial charge in [-0.05, 0) is 48.0 Å². The van der Waals surface area contributed by atoms with Gasteiger partial charge in [-0.15, -0.1) is 0 Å². The van der Waals surface area contributed by atoms with Crippen LogP contribution in [0.2, 0.25) is 0 Å².